The summed E-state index contributed by atoms with van der Waals surface area (Å²) in [5.74, 6) is -2.09. The van der Waals surface area contributed by atoms with Crippen LogP contribution in [-0.4, -0.2) is 44.7 Å². The van der Waals surface area contributed by atoms with Crippen LogP contribution in [0.3, 0.4) is 0 Å². The lowest BCUT2D eigenvalue weighted by Crippen LogP contribution is -2.29. The number of carbonyl (C=O) groups excluding carboxylic acids is 2. The van der Waals surface area contributed by atoms with Crippen LogP contribution in [0.15, 0.2) is 78.5 Å². The highest BCUT2D eigenvalue weighted by molar-refractivity contribution is 6.46. The van der Waals surface area contributed by atoms with E-state index >= 15 is 0 Å². The molecule has 4 rings (SSSR count). The molecule has 1 fully saturated rings. The van der Waals surface area contributed by atoms with Crippen LogP contribution in [0.5, 0.6) is 0 Å². The van der Waals surface area contributed by atoms with Crippen LogP contribution in [0.4, 0.5) is 11.4 Å². The van der Waals surface area contributed by atoms with Crippen LogP contribution in [0, 0.1) is 10.1 Å². The number of aliphatic hydroxyl groups is 1. The number of ketones is 1. The molecule has 9 heteroatoms. The third kappa shape index (κ3) is 4.68. The Kier molecular flexibility index (Phi) is 7.10. The number of hydrogen-bond donors (Lipinski definition) is 1. The number of hydrogen-bond acceptors (Lipinski definition) is 7. The van der Waals surface area contributed by atoms with Crippen LogP contribution in [-0.2, 0) is 16.1 Å². The van der Waals surface area contributed by atoms with Crippen LogP contribution in [0.1, 0.15) is 36.7 Å². The second kappa shape index (κ2) is 10.4. The number of nitro benzene ring substituents is 1. The third-order valence-electron chi connectivity index (χ3n) is 6.27. The van der Waals surface area contributed by atoms with Gasteiger partial charge < -0.3 is 14.9 Å². The van der Waals surface area contributed by atoms with E-state index in [4.69, 9.17) is 0 Å². The van der Waals surface area contributed by atoms with Crippen molar-refractivity contribution in [3.05, 3.63) is 105 Å². The maximum absolute atomic E-state index is 13.2. The number of amides is 1. The Morgan fingerprint density at radius 1 is 1.06 bits per heavy atom. The molecule has 1 aliphatic rings. The highest BCUT2D eigenvalue weighted by Crippen LogP contribution is 2.41. The minimum Gasteiger partial charge on any atom is -0.507 e. The molecule has 2 aromatic carbocycles. The normalized spacial score (nSPS) is 16.8. The van der Waals surface area contributed by atoms with E-state index in [0.717, 1.165) is 18.8 Å². The van der Waals surface area contributed by atoms with Crippen molar-refractivity contribution in [2.45, 2.75) is 26.4 Å². The van der Waals surface area contributed by atoms with Gasteiger partial charge in [0.25, 0.3) is 17.4 Å². The lowest BCUT2D eigenvalue weighted by Gasteiger charge is -2.26. The molecule has 2 heterocycles. The number of aliphatic hydroxyl groups excluding tert-OH is 1. The largest absolute Gasteiger partial charge is 0.507 e. The number of pyridine rings is 1. The summed E-state index contributed by atoms with van der Waals surface area (Å²) in [7, 11) is 0. The van der Waals surface area contributed by atoms with Gasteiger partial charge in [0, 0.05) is 42.7 Å². The number of rotatable bonds is 8. The van der Waals surface area contributed by atoms with Crippen LogP contribution in [0.2, 0.25) is 0 Å². The molecule has 1 saturated heterocycles. The minimum atomic E-state index is -0.892. The molecular formula is C27H26N4O5. The zero-order chi connectivity index (χ0) is 25.8. The molecule has 0 radical (unpaired) electrons. The molecule has 0 aliphatic carbocycles. The molecule has 1 atom stereocenters. The molecule has 184 valence electrons. The molecule has 0 bridgehead atoms. The van der Waals surface area contributed by atoms with E-state index in [1.165, 1.54) is 29.2 Å². The van der Waals surface area contributed by atoms with Gasteiger partial charge in [0.15, 0.2) is 0 Å². The molecule has 3 aromatic rings. The second-order valence-electron chi connectivity index (χ2n) is 8.32. The molecule has 9 nitrogen and oxygen atoms in total. The fourth-order valence-corrected chi connectivity index (χ4v) is 4.43. The van der Waals surface area contributed by atoms with E-state index in [0.29, 0.717) is 11.3 Å². The summed E-state index contributed by atoms with van der Waals surface area (Å²) in [6.07, 6.45) is 1.60. The van der Waals surface area contributed by atoms with E-state index < -0.39 is 28.4 Å². The summed E-state index contributed by atoms with van der Waals surface area (Å²) < 4.78 is 0. The maximum Gasteiger partial charge on any atom is 0.296 e. The molecule has 0 spiro atoms. The van der Waals surface area contributed by atoms with Gasteiger partial charge in [0.2, 0.25) is 0 Å². The van der Waals surface area contributed by atoms with Crippen molar-refractivity contribution in [2.75, 3.05) is 18.0 Å². The van der Waals surface area contributed by atoms with Crippen molar-refractivity contribution in [1.82, 2.24) is 9.88 Å². The molecule has 0 saturated carbocycles. The predicted octanol–water partition coefficient (Wildman–Crippen LogP) is 4.46. The topological polar surface area (TPSA) is 117 Å². The Hall–Kier alpha value is -4.53. The first-order valence-corrected chi connectivity index (χ1v) is 11.6. The fourth-order valence-electron chi connectivity index (χ4n) is 4.43. The Morgan fingerprint density at radius 3 is 2.39 bits per heavy atom. The number of anilines is 1. The summed E-state index contributed by atoms with van der Waals surface area (Å²) in [5.41, 5.74) is 1.94. The first kappa shape index (κ1) is 24.6. The van der Waals surface area contributed by atoms with Crippen molar-refractivity contribution in [3.63, 3.8) is 0 Å². The lowest BCUT2D eigenvalue weighted by molar-refractivity contribution is -0.384. The summed E-state index contributed by atoms with van der Waals surface area (Å²) in [5, 5.41) is 22.4. The number of nitrogens with zero attached hydrogens (tertiary/aromatic N) is 4. The summed E-state index contributed by atoms with van der Waals surface area (Å²) in [6.45, 7) is 5.80. The predicted molar refractivity (Wildman–Crippen MR) is 135 cm³/mol. The van der Waals surface area contributed by atoms with E-state index in [1.807, 2.05) is 24.3 Å². The smallest absolute Gasteiger partial charge is 0.296 e. The van der Waals surface area contributed by atoms with Gasteiger partial charge >= 0.3 is 0 Å². The van der Waals surface area contributed by atoms with Crippen molar-refractivity contribution < 1.29 is 19.6 Å². The Labute approximate surface area is 208 Å². The fraction of sp³-hybridized carbons (Fsp3) is 0.222. The van der Waals surface area contributed by atoms with Gasteiger partial charge in [-0.3, -0.25) is 24.7 Å². The van der Waals surface area contributed by atoms with Gasteiger partial charge in [-0.2, -0.15) is 0 Å². The first-order chi connectivity index (χ1) is 17.3. The molecule has 1 aromatic heterocycles. The zero-order valence-electron chi connectivity index (χ0n) is 20.0. The summed E-state index contributed by atoms with van der Waals surface area (Å²) in [6, 6.07) is 17.2. The number of likely N-dealkylation sites (tertiary alicyclic amines) is 1. The van der Waals surface area contributed by atoms with Crippen molar-refractivity contribution >= 4 is 28.8 Å². The van der Waals surface area contributed by atoms with Gasteiger partial charge in [-0.15, -0.1) is 0 Å². The van der Waals surface area contributed by atoms with E-state index in [2.05, 4.69) is 23.7 Å². The van der Waals surface area contributed by atoms with Gasteiger partial charge in [0.05, 0.1) is 28.8 Å². The monoisotopic (exact) mass is 486 g/mol. The Bertz CT molecular complexity index is 1320. The molecule has 1 N–H and O–H groups in total. The molecule has 36 heavy (non-hydrogen) atoms. The van der Waals surface area contributed by atoms with Crippen molar-refractivity contribution in [1.29, 1.82) is 0 Å². The average molecular weight is 487 g/mol. The number of non-ortho nitro benzene ring substituents is 1. The van der Waals surface area contributed by atoms with Crippen LogP contribution < -0.4 is 4.90 Å². The van der Waals surface area contributed by atoms with Gasteiger partial charge in [0.1, 0.15) is 5.76 Å². The summed E-state index contributed by atoms with van der Waals surface area (Å²) >= 11 is 0. The maximum atomic E-state index is 13.2. The second-order valence-corrected chi connectivity index (χ2v) is 8.32. The summed E-state index contributed by atoms with van der Waals surface area (Å²) in [4.78, 5) is 44.9. The number of carbonyl (C=O) groups is 2. The Balaban J connectivity index is 1.85. The number of benzene rings is 2. The Morgan fingerprint density at radius 2 is 1.78 bits per heavy atom. The minimum absolute atomic E-state index is 0.0552. The van der Waals surface area contributed by atoms with Crippen molar-refractivity contribution in [2.24, 2.45) is 0 Å². The van der Waals surface area contributed by atoms with Gasteiger partial charge in [-0.05, 0) is 43.7 Å². The van der Waals surface area contributed by atoms with Gasteiger partial charge in [-0.1, -0.05) is 30.3 Å². The molecule has 1 unspecified atom stereocenters. The number of aromatic nitrogens is 1. The first-order valence-electron chi connectivity index (χ1n) is 11.6. The zero-order valence-corrected chi connectivity index (χ0v) is 20.0. The SMILES string of the molecule is CCN(CC)c1ccc(C2/C(=C(/O)c3cccc([N+](=O)[O-])c3)C(=O)C(=O)N2Cc2ccccn2)cc1. The average Bonchev–Trinajstić information content (AvgIpc) is 3.15. The number of Topliss-reactive ketones (excluding diaryl/α,β-unsaturated/α-hetero) is 1. The van der Waals surface area contributed by atoms with Gasteiger partial charge in [-0.25, -0.2) is 0 Å². The molecule has 1 aliphatic heterocycles. The standard InChI is InChI=1S/C27H26N4O5/c1-3-29(4-2)21-13-11-18(12-14-21)24-23(25(32)19-8-7-10-22(16-19)31(35)36)26(33)27(34)30(24)17-20-9-5-6-15-28-20/h5-16,24,32H,3-4,17H2,1-2H3/b25-23-. The highest BCUT2D eigenvalue weighted by atomic mass is 16.6. The molecule has 1 amide bonds. The highest BCUT2D eigenvalue weighted by Gasteiger charge is 2.46. The molecular weight excluding hydrogens is 460 g/mol. The number of nitro groups is 1. The van der Waals surface area contributed by atoms with Crippen LogP contribution >= 0.6 is 0 Å². The third-order valence-corrected chi connectivity index (χ3v) is 6.27. The van der Waals surface area contributed by atoms with E-state index in [1.54, 1.807) is 24.4 Å². The van der Waals surface area contributed by atoms with E-state index in [-0.39, 0.29) is 23.4 Å². The quantitative estimate of drug-likeness (QED) is 0.164. The van der Waals surface area contributed by atoms with Crippen molar-refractivity contribution in [3.8, 4) is 0 Å². The van der Waals surface area contributed by atoms with Crippen LogP contribution in [0.25, 0.3) is 5.76 Å². The lowest BCUT2D eigenvalue weighted by atomic mass is 9.95. The van der Waals surface area contributed by atoms with E-state index in [9.17, 15) is 24.8 Å².